The third-order valence-corrected chi connectivity index (χ3v) is 6.29. The van der Waals surface area contributed by atoms with Crippen LogP contribution in [0.4, 0.5) is 0 Å². The first-order valence-corrected chi connectivity index (χ1v) is 11.9. The molecular formula is C23H32IN3O4S. The van der Waals surface area contributed by atoms with Crippen molar-refractivity contribution in [3.63, 3.8) is 0 Å². The van der Waals surface area contributed by atoms with E-state index in [2.05, 4.69) is 34.9 Å². The second kappa shape index (κ2) is 13.4. The van der Waals surface area contributed by atoms with Crippen LogP contribution in [-0.2, 0) is 20.6 Å². The predicted molar refractivity (Wildman–Crippen MR) is 137 cm³/mol. The van der Waals surface area contributed by atoms with Crippen LogP contribution in [0.1, 0.15) is 18.6 Å². The minimum Gasteiger partial charge on any atom is -0.469 e. The van der Waals surface area contributed by atoms with Gasteiger partial charge in [-0.15, -0.1) is 35.7 Å². The SMILES string of the molecule is I.c1ccc(SCCNC(=NCC2COC3(CCOCC3)O2)NCCc2ccco2)cc1. The molecule has 1 aromatic carbocycles. The molecule has 176 valence electrons. The van der Waals surface area contributed by atoms with Crippen molar-refractivity contribution in [1.82, 2.24) is 10.6 Å². The number of thioether (sulfide) groups is 1. The number of rotatable bonds is 9. The van der Waals surface area contributed by atoms with E-state index in [0.717, 1.165) is 49.8 Å². The Morgan fingerprint density at radius 1 is 1.06 bits per heavy atom. The van der Waals surface area contributed by atoms with Crippen LogP contribution in [0, 0.1) is 0 Å². The van der Waals surface area contributed by atoms with Crippen LogP contribution < -0.4 is 10.6 Å². The average molecular weight is 573 g/mol. The standard InChI is InChI=1S/C23H31N3O4S.HI/c1-2-6-21(7-3-1)31-16-12-25-22(24-11-8-19-5-4-13-28-19)26-17-20-18-29-23(30-20)9-14-27-15-10-23;/h1-7,13,20H,8-12,14-18H2,(H2,24,25,26);1H. The van der Waals surface area contributed by atoms with E-state index in [9.17, 15) is 0 Å². The molecule has 1 aromatic heterocycles. The largest absolute Gasteiger partial charge is 0.469 e. The fraction of sp³-hybridized carbons (Fsp3) is 0.522. The summed E-state index contributed by atoms with van der Waals surface area (Å²) in [5, 5.41) is 6.84. The smallest absolute Gasteiger partial charge is 0.191 e. The lowest BCUT2D eigenvalue weighted by Crippen LogP contribution is -2.40. The monoisotopic (exact) mass is 573 g/mol. The van der Waals surface area contributed by atoms with Gasteiger partial charge in [0.1, 0.15) is 11.9 Å². The molecule has 2 aromatic rings. The summed E-state index contributed by atoms with van der Waals surface area (Å²) in [5.41, 5.74) is 0. The third-order valence-electron chi connectivity index (χ3n) is 5.27. The Labute approximate surface area is 211 Å². The zero-order valence-corrected chi connectivity index (χ0v) is 21.3. The van der Waals surface area contributed by atoms with Crippen molar-refractivity contribution in [2.75, 3.05) is 45.2 Å². The number of furan rings is 1. The van der Waals surface area contributed by atoms with Gasteiger partial charge in [0.15, 0.2) is 11.7 Å². The van der Waals surface area contributed by atoms with E-state index < -0.39 is 5.79 Å². The first kappa shape index (κ1) is 25.4. The highest BCUT2D eigenvalue weighted by atomic mass is 127. The van der Waals surface area contributed by atoms with Crippen LogP contribution in [0.3, 0.4) is 0 Å². The topological polar surface area (TPSA) is 77.3 Å². The molecule has 2 N–H and O–H groups in total. The van der Waals surface area contributed by atoms with Crippen molar-refractivity contribution in [3.8, 4) is 0 Å². The minimum atomic E-state index is -0.467. The molecule has 0 saturated carbocycles. The first-order chi connectivity index (χ1) is 15.3. The molecule has 2 fully saturated rings. The molecule has 0 bridgehead atoms. The van der Waals surface area contributed by atoms with Gasteiger partial charge < -0.3 is 29.3 Å². The molecule has 7 nitrogen and oxygen atoms in total. The van der Waals surface area contributed by atoms with Crippen molar-refractivity contribution in [1.29, 1.82) is 0 Å². The highest BCUT2D eigenvalue weighted by molar-refractivity contribution is 14.0. The van der Waals surface area contributed by atoms with Gasteiger partial charge >= 0.3 is 0 Å². The Kier molecular flexibility index (Phi) is 10.6. The molecule has 9 heteroatoms. The molecule has 4 rings (SSSR count). The molecular weight excluding hydrogens is 541 g/mol. The molecule has 0 amide bonds. The fourth-order valence-corrected chi connectivity index (χ4v) is 4.42. The van der Waals surface area contributed by atoms with Gasteiger partial charge in [0.05, 0.1) is 32.6 Å². The predicted octanol–water partition coefficient (Wildman–Crippen LogP) is 3.69. The van der Waals surface area contributed by atoms with Crippen LogP contribution in [0.5, 0.6) is 0 Å². The zero-order valence-electron chi connectivity index (χ0n) is 18.2. The van der Waals surface area contributed by atoms with E-state index in [1.807, 2.05) is 30.0 Å². The highest BCUT2D eigenvalue weighted by Crippen LogP contribution is 2.33. The van der Waals surface area contributed by atoms with E-state index in [4.69, 9.17) is 23.6 Å². The van der Waals surface area contributed by atoms with Gasteiger partial charge in [-0.25, -0.2) is 0 Å². The van der Waals surface area contributed by atoms with Gasteiger partial charge in [0.2, 0.25) is 0 Å². The molecule has 1 unspecified atom stereocenters. The molecule has 1 spiro atoms. The Morgan fingerprint density at radius 2 is 1.88 bits per heavy atom. The Morgan fingerprint density at radius 3 is 2.66 bits per heavy atom. The normalized spacial score (nSPS) is 20.1. The summed E-state index contributed by atoms with van der Waals surface area (Å²) < 4.78 is 23.0. The minimum absolute atomic E-state index is 0. The number of halogens is 1. The average Bonchev–Trinajstić information content (AvgIpc) is 3.46. The number of hydrogen-bond acceptors (Lipinski definition) is 6. The Balaban J connectivity index is 0.00000289. The van der Waals surface area contributed by atoms with Crippen LogP contribution >= 0.6 is 35.7 Å². The maximum absolute atomic E-state index is 6.20. The maximum Gasteiger partial charge on any atom is 0.191 e. The third kappa shape index (κ3) is 7.95. The van der Waals surface area contributed by atoms with Gasteiger partial charge in [0.25, 0.3) is 0 Å². The molecule has 0 aliphatic carbocycles. The van der Waals surface area contributed by atoms with Gasteiger partial charge in [-0.3, -0.25) is 4.99 Å². The van der Waals surface area contributed by atoms with E-state index in [1.54, 1.807) is 6.26 Å². The maximum atomic E-state index is 6.20. The second-order valence-electron chi connectivity index (χ2n) is 7.61. The second-order valence-corrected chi connectivity index (χ2v) is 8.78. The summed E-state index contributed by atoms with van der Waals surface area (Å²) in [6.45, 7) is 4.08. The number of benzene rings is 1. The number of aliphatic imine (C=N–C) groups is 1. The quantitative estimate of drug-likeness (QED) is 0.156. The molecule has 32 heavy (non-hydrogen) atoms. The highest BCUT2D eigenvalue weighted by Gasteiger charge is 2.42. The molecule has 1 atom stereocenters. The van der Waals surface area contributed by atoms with Crippen molar-refractivity contribution in [3.05, 3.63) is 54.5 Å². The van der Waals surface area contributed by atoms with Gasteiger partial charge in [-0.05, 0) is 24.3 Å². The van der Waals surface area contributed by atoms with Gasteiger partial charge in [-0.2, -0.15) is 0 Å². The van der Waals surface area contributed by atoms with E-state index in [0.29, 0.717) is 26.4 Å². The molecule has 2 aliphatic rings. The van der Waals surface area contributed by atoms with Crippen molar-refractivity contribution in [2.45, 2.75) is 36.0 Å². The van der Waals surface area contributed by atoms with E-state index >= 15 is 0 Å². The lowest BCUT2D eigenvalue weighted by atomic mass is 10.1. The number of guanidine groups is 1. The first-order valence-electron chi connectivity index (χ1n) is 10.9. The van der Waals surface area contributed by atoms with Gasteiger partial charge in [0, 0.05) is 43.0 Å². The summed E-state index contributed by atoms with van der Waals surface area (Å²) in [6, 6.07) is 14.3. The van der Waals surface area contributed by atoms with Crippen molar-refractivity contribution in [2.24, 2.45) is 4.99 Å². The summed E-state index contributed by atoms with van der Waals surface area (Å²) in [7, 11) is 0. The Bertz CT molecular complexity index is 801. The van der Waals surface area contributed by atoms with Crippen LogP contribution in [-0.4, -0.2) is 63.1 Å². The van der Waals surface area contributed by atoms with Crippen LogP contribution in [0.15, 0.2) is 63.0 Å². The summed E-state index contributed by atoms with van der Waals surface area (Å²) in [5.74, 6) is 2.23. The van der Waals surface area contributed by atoms with Gasteiger partial charge in [-0.1, -0.05) is 18.2 Å². The lowest BCUT2D eigenvalue weighted by Gasteiger charge is -2.31. The number of hydrogen-bond donors (Lipinski definition) is 2. The zero-order chi connectivity index (χ0) is 21.2. The number of nitrogens with zero attached hydrogens (tertiary/aromatic N) is 1. The Hall–Kier alpha value is -1.27. The molecule has 2 aliphatic heterocycles. The van der Waals surface area contributed by atoms with Crippen LogP contribution in [0.25, 0.3) is 0 Å². The number of ether oxygens (including phenoxy) is 3. The van der Waals surface area contributed by atoms with Crippen molar-refractivity contribution < 1.29 is 18.6 Å². The fourth-order valence-electron chi connectivity index (χ4n) is 3.63. The summed E-state index contributed by atoms with van der Waals surface area (Å²) in [4.78, 5) is 6.04. The summed E-state index contributed by atoms with van der Waals surface area (Å²) in [6.07, 6.45) is 4.05. The lowest BCUT2D eigenvalue weighted by molar-refractivity contribution is -0.210. The van der Waals surface area contributed by atoms with E-state index in [-0.39, 0.29) is 30.1 Å². The molecule has 0 radical (unpaired) electrons. The molecule has 2 saturated heterocycles. The van der Waals surface area contributed by atoms with Crippen molar-refractivity contribution >= 4 is 41.7 Å². The molecule has 3 heterocycles. The van der Waals surface area contributed by atoms with Crippen LogP contribution in [0.2, 0.25) is 0 Å². The summed E-state index contributed by atoms with van der Waals surface area (Å²) >= 11 is 1.83. The van der Waals surface area contributed by atoms with E-state index in [1.165, 1.54) is 4.90 Å². The number of nitrogens with one attached hydrogen (secondary N) is 2.